The van der Waals surface area contributed by atoms with E-state index in [1.54, 1.807) is 11.3 Å². The van der Waals surface area contributed by atoms with Crippen LogP contribution in [0.2, 0.25) is 0 Å². The normalized spacial score (nSPS) is 10.7. The van der Waals surface area contributed by atoms with E-state index in [0.29, 0.717) is 6.61 Å². The topological polar surface area (TPSA) is 22.1 Å². The van der Waals surface area contributed by atoms with Crippen molar-refractivity contribution in [2.75, 3.05) is 6.61 Å². The van der Waals surface area contributed by atoms with Crippen molar-refractivity contribution in [3.63, 3.8) is 0 Å². The maximum absolute atomic E-state index is 6.14. The number of thiazole rings is 1. The van der Waals surface area contributed by atoms with Gasteiger partial charge >= 0.3 is 0 Å². The summed E-state index contributed by atoms with van der Waals surface area (Å²) in [6.07, 6.45) is 5.02. The summed E-state index contributed by atoms with van der Waals surface area (Å²) in [6, 6.07) is 16.2. The molecule has 2 radical (unpaired) electrons. The average molecular weight is 333 g/mol. The lowest BCUT2D eigenvalue weighted by Crippen LogP contribution is -2.08. The van der Waals surface area contributed by atoms with Gasteiger partial charge in [0.15, 0.2) is 0 Å². The van der Waals surface area contributed by atoms with E-state index in [2.05, 4.69) is 24.0 Å². The molecule has 2 nitrogen and oxygen atoms in total. The summed E-state index contributed by atoms with van der Waals surface area (Å²) in [7, 11) is 6.14. The SMILES string of the molecule is [B]c1ccc(OCCc2ccccc2)cc1-c1ncc(CCC)s1. The van der Waals surface area contributed by atoms with Crippen LogP contribution in [0.5, 0.6) is 5.75 Å². The van der Waals surface area contributed by atoms with E-state index in [-0.39, 0.29) is 0 Å². The summed E-state index contributed by atoms with van der Waals surface area (Å²) in [5.74, 6) is 0.836. The highest BCUT2D eigenvalue weighted by Gasteiger charge is 2.09. The summed E-state index contributed by atoms with van der Waals surface area (Å²) in [5.41, 5.74) is 2.97. The number of aryl methyl sites for hydroxylation is 1. The van der Waals surface area contributed by atoms with Crippen molar-refractivity contribution in [1.29, 1.82) is 0 Å². The Labute approximate surface area is 148 Å². The van der Waals surface area contributed by atoms with E-state index < -0.39 is 0 Å². The second kappa shape index (κ2) is 8.16. The highest BCUT2D eigenvalue weighted by molar-refractivity contribution is 7.15. The van der Waals surface area contributed by atoms with Crippen LogP contribution in [-0.4, -0.2) is 19.4 Å². The molecular formula is C20H20BNOS. The highest BCUT2D eigenvalue weighted by atomic mass is 32.1. The highest BCUT2D eigenvalue weighted by Crippen LogP contribution is 2.27. The molecule has 1 aromatic heterocycles. The second-order valence-electron chi connectivity index (χ2n) is 5.71. The van der Waals surface area contributed by atoms with Gasteiger partial charge in [-0.2, -0.15) is 0 Å². The molecule has 0 N–H and O–H groups in total. The van der Waals surface area contributed by atoms with E-state index in [0.717, 1.165) is 41.0 Å². The molecule has 0 aliphatic heterocycles. The monoisotopic (exact) mass is 333 g/mol. The van der Waals surface area contributed by atoms with Crippen LogP contribution in [0.25, 0.3) is 10.6 Å². The Bertz CT molecular complexity index is 785. The first-order valence-electron chi connectivity index (χ1n) is 8.27. The van der Waals surface area contributed by atoms with Crippen molar-refractivity contribution in [3.05, 3.63) is 65.2 Å². The molecule has 3 rings (SSSR count). The molecule has 1 heterocycles. The predicted molar refractivity (Wildman–Crippen MR) is 103 cm³/mol. The maximum Gasteiger partial charge on any atom is 0.123 e. The standard InChI is InChI=1S/C20H20BNOS/c1-2-6-17-14-22-20(24-17)18-13-16(9-10-19(18)21)23-12-11-15-7-4-3-5-8-15/h3-5,7-10,13-14H,2,6,11-12H2,1H3. The molecule has 0 saturated heterocycles. The lowest BCUT2D eigenvalue weighted by Gasteiger charge is -2.09. The fraction of sp³-hybridized carbons (Fsp3) is 0.250. The first-order valence-corrected chi connectivity index (χ1v) is 9.09. The molecule has 120 valence electrons. The fourth-order valence-electron chi connectivity index (χ4n) is 2.54. The van der Waals surface area contributed by atoms with Gasteiger partial charge in [-0.15, -0.1) is 11.3 Å². The summed E-state index contributed by atoms with van der Waals surface area (Å²) in [6.45, 7) is 2.82. The minimum atomic E-state index is 0.645. The van der Waals surface area contributed by atoms with E-state index in [9.17, 15) is 0 Å². The van der Waals surface area contributed by atoms with Crippen LogP contribution in [0.4, 0.5) is 0 Å². The molecule has 3 aromatic rings. The minimum Gasteiger partial charge on any atom is -0.493 e. The van der Waals surface area contributed by atoms with Crippen molar-refractivity contribution < 1.29 is 4.74 Å². The first-order chi connectivity index (χ1) is 11.8. The number of ether oxygens (including phenoxy) is 1. The lowest BCUT2D eigenvalue weighted by atomic mass is 9.91. The molecule has 0 atom stereocenters. The molecule has 0 spiro atoms. The van der Waals surface area contributed by atoms with Crippen molar-refractivity contribution in [2.45, 2.75) is 26.2 Å². The Morgan fingerprint density at radius 3 is 2.71 bits per heavy atom. The Morgan fingerprint density at radius 1 is 1.08 bits per heavy atom. The van der Waals surface area contributed by atoms with Crippen LogP contribution in [0, 0.1) is 0 Å². The molecule has 0 bridgehead atoms. The van der Waals surface area contributed by atoms with Crippen molar-refractivity contribution >= 4 is 24.6 Å². The van der Waals surface area contributed by atoms with Crippen LogP contribution >= 0.6 is 11.3 Å². The molecule has 0 saturated carbocycles. The number of hydrogen-bond donors (Lipinski definition) is 0. The molecule has 0 aliphatic rings. The van der Waals surface area contributed by atoms with Gasteiger partial charge in [0.1, 0.15) is 18.6 Å². The van der Waals surface area contributed by atoms with Crippen LogP contribution in [0.1, 0.15) is 23.8 Å². The Balaban J connectivity index is 1.69. The summed E-state index contributed by atoms with van der Waals surface area (Å²) < 4.78 is 5.90. The van der Waals surface area contributed by atoms with Crippen molar-refractivity contribution in [2.24, 2.45) is 0 Å². The molecule has 24 heavy (non-hydrogen) atoms. The lowest BCUT2D eigenvalue weighted by molar-refractivity contribution is 0.322. The number of hydrogen-bond acceptors (Lipinski definition) is 3. The van der Waals surface area contributed by atoms with Gasteiger partial charge in [-0.3, -0.25) is 0 Å². The third-order valence-electron chi connectivity index (χ3n) is 3.81. The smallest absolute Gasteiger partial charge is 0.123 e. The zero-order chi connectivity index (χ0) is 16.8. The van der Waals surface area contributed by atoms with E-state index in [4.69, 9.17) is 12.6 Å². The molecule has 0 amide bonds. The van der Waals surface area contributed by atoms with Crippen LogP contribution < -0.4 is 10.2 Å². The first kappa shape index (κ1) is 16.8. The van der Waals surface area contributed by atoms with Crippen LogP contribution in [0.3, 0.4) is 0 Å². The summed E-state index contributed by atoms with van der Waals surface area (Å²) in [5, 5.41) is 0.962. The second-order valence-corrected chi connectivity index (χ2v) is 6.83. The van der Waals surface area contributed by atoms with Gasteiger partial charge in [-0.1, -0.05) is 55.2 Å². The zero-order valence-corrected chi connectivity index (χ0v) is 14.7. The van der Waals surface area contributed by atoms with Crippen LogP contribution in [-0.2, 0) is 12.8 Å². The van der Waals surface area contributed by atoms with Gasteiger partial charge in [-0.25, -0.2) is 4.98 Å². The quantitative estimate of drug-likeness (QED) is 0.605. The van der Waals surface area contributed by atoms with Gasteiger partial charge in [0.2, 0.25) is 0 Å². The van der Waals surface area contributed by atoms with Gasteiger partial charge < -0.3 is 4.74 Å². The maximum atomic E-state index is 6.14. The minimum absolute atomic E-state index is 0.645. The van der Waals surface area contributed by atoms with E-state index >= 15 is 0 Å². The number of rotatable bonds is 7. The fourth-order valence-corrected chi connectivity index (χ4v) is 3.59. The van der Waals surface area contributed by atoms with E-state index in [1.165, 1.54) is 10.4 Å². The Hall–Kier alpha value is -2.07. The van der Waals surface area contributed by atoms with Crippen molar-refractivity contribution in [3.8, 4) is 16.3 Å². The summed E-state index contributed by atoms with van der Waals surface area (Å²) >= 11 is 1.71. The Kier molecular flexibility index (Phi) is 5.70. The molecule has 4 heteroatoms. The molecule has 0 fully saturated rings. The predicted octanol–water partition coefficient (Wildman–Crippen LogP) is 4.18. The van der Waals surface area contributed by atoms with Crippen molar-refractivity contribution in [1.82, 2.24) is 4.98 Å². The largest absolute Gasteiger partial charge is 0.493 e. The third kappa shape index (κ3) is 4.27. The molecule has 2 aromatic carbocycles. The molecular weight excluding hydrogens is 313 g/mol. The van der Waals surface area contributed by atoms with Gasteiger partial charge in [0, 0.05) is 23.1 Å². The van der Waals surface area contributed by atoms with Gasteiger partial charge in [0.05, 0.1) is 6.61 Å². The van der Waals surface area contributed by atoms with Gasteiger partial charge in [-0.05, 0) is 24.1 Å². The van der Waals surface area contributed by atoms with Gasteiger partial charge in [0.25, 0.3) is 0 Å². The molecule has 0 aliphatic carbocycles. The number of nitrogens with zero attached hydrogens (tertiary/aromatic N) is 1. The third-order valence-corrected chi connectivity index (χ3v) is 4.90. The molecule has 0 unspecified atom stereocenters. The van der Waals surface area contributed by atoms with E-state index in [1.807, 2.05) is 42.6 Å². The zero-order valence-electron chi connectivity index (χ0n) is 13.9. The number of aromatic nitrogens is 1. The number of benzene rings is 2. The van der Waals surface area contributed by atoms with Crippen LogP contribution in [0.15, 0.2) is 54.7 Å². The Morgan fingerprint density at radius 2 is 1.92 bits per heavy atom. The average Bonchev–Trinajstić information content (AvgIpc) is 3.06. The summed E-state index contributed by atoms with van der Waals surface area (Å²) in [4.78, 5) is 5.81.